The number of sulfonamides is 1. The van der Waals surface area contributed by atoms with Crippen LogP contribution in [0.5, 0.6) is 5.75 Å². The Bertz CT molecular complexity index is 788. The number of piperidine rings is 2. The van der Waals surface area contributed by atoms with Crippen LogP contribution in [0.25, 0.3) is 0 Å². The fraction of sp³-hybridized carbons (Fsp3) is 0.700. The van der Waals surface area contributed by atoms with Gasteiger partial charge in [-0.05, 0) is 54.9 Å². The number of nitrogens with zero attached hydrogens (tertiary/aromatic N) is 2. The zero-order valence-electron chi connectivity index (χ0n) is 16.7. The van der Waals surface area contributed by atoms with Crippen LogP contribution in [0.4, 0.5) is 0 Å². The smallest absolute Gasteiger partial charge is 0.216 e. The molecular weight excluding hydrogens is 400 g/mol. The topological polar surface area (TPSA) is 59.1 Å². The van der Waals surface area contributed by atoms with Crippen molar-refractivity contribution in [1.82, 2.24) is 9.21 Å². The van der Waals surface area contributed by atoms with E-state index in [2.05, 4.69) is 17.0 Å². The summed E-state index contributed by atoms with van der Waals surface area (Å²) in [7, 11) is -0.0149. The Morgan fingerprint density at radius 1 is 1.21 bits per heavy atom. The van der Waals surface area contributed by atoms with Gasteiger partial charge in [0.15, 0.2) is 0 Å². The van der Waals surface area contributed by atoms with E-state index in [1.54, 1.807) is 18.5 Å². The van der Waals surface area contributed by atoms with Gasteiger partial charge in [0.05, 0.1) is 19.5 Å². The zero-order valence-corrected chi connectivity index (χ0v) is 18.3. The molecule has 3 aliphatic heterocycles. The van der Waals surface area contributed by atoms with Gasteiger partial charge in [-0.2, -0.15) is 4.31 Å². The summed E-state index contributed by atoms with van der Waals surface area (Å²) in [5.74, 6) is 1.42. The monoisotopic (exact) mass is 430 g/mol. The van der Waals surface area contributed by atoms with Gasteiger partial charge in [-0.15, -0.1) is 12.4 Å². The third-order valence-electron chi connectivity index (χ3n) is 6.52. The summed E-state index contributed by atoms with van der Waals surface area (Å²) in [6, 6.07) is 6.77. The first kappa shape index (κ1) is 21.8. The number of fused-ring (bicyclic) bond motifs is 4. The lowest BCUT2D eigenvalue weighted by Gasteiger charge is -2.51. The molecule has 0 aromatic heterocycles. The summed E-state index contributed by atoms with van der Waals surface area (Å²) in [4.78, 5) is 2.57. The molecule has 1 aromatic carbocycles. The van der Waals surface area contributed by atoms with Crippen LogP contribution in [0.1, 0.15) is 36.4 Å². The Balaban J connectivity index is 0.00000225. The van der Waals surface area contributed by atoms with Crippen LogP contribution in [-0.4, -0.2) is 69.9 Å². The maximum atomic E-state index is 12.9. The second-order valence-corrected chi connectivity index (χ2v) is 9.99. The molecule has 0 unspecified atom stereocenters. The molecule has 4 rings (SSSR count). The third-order valence-corrected chi connectivity index (χ3v) is 8.37. The summed E-state index contributed by atoms with van der Waals surface area (Å²) in [5.41, 5.74) is 2.69. The maximum absolute atomic E-state index is 12.9. The van der Waals surface area contributed by atoms with E-state index in [1.807, 2.05) is 6.07 Å². The lowest BCUT2D eigenvalue weighted by Crippen LogP contribution is -2.57. The largest absolute Gasteiger partial charge is 0.497 e. The van der Waals surface area contributed by atoms with Gasteiger partial charge in [0.25, 0.3) is 0 Å². The van der Waals surface area contributed by atoms with Crippen LogP contribution in [0.3, 0.4) is 0 Å². The van der Waals surface area contributed by atoms with Gasteiger partial charge in [0.2, 0.25) is 10.0 Å². The molecular formula is C20H31ClN2O4S. The van der Waals surface area contributed by atoms with Crippen molar-refractivity contribution in [3.05, 3.63) is 29.3 Å². The number of hydrogen-bond acceptors (Lipinski definition) is 5. The van der Waals surface area contributed by atoms with Crippen molar-refractivity contribution in [1.29, 1.82) is 0 Å². The SMILES string of the molecule is COCCS(=O)(=O)N1CCC[C@@H]2CN3CCc4cc(OC)ccc4[C@@H]3C[C@@H]21.Cl. The van der Waals surface area contributed by atoms with Crippen LogP contribution in [0.2, 0.25) is 0 Å². The normalized spacial score (nSPS) is 27.9. The summed E-state index contributed by atoms with van der Waals surface area (Å²) >= 11 is 0. The number of halogens is 1. The lowest BCUT2D eigenvalue weighted by molar-refractivity contribution is 0.0217. The van der Waals surface area contributed by atoms with Crippen LogP contribution in [0.15, 0.2) is 18.2 Å². The molecule has 8 heteroatoms. The first-order chi connectivity index (χ1) is 13.0. The molecule has 0 saturated carbocycles. The van der Waals surface area contributed by atoms with E-state index >= 15 is 0 Å². The van der Waals surface area contributed by atoms with Crippen molar-refractivity contribution in [2.75, 3.05) is 46.2 Å². The highest BCUT2D eigenvalue weighted by Gasteiger charge is 2.45. The second-order valence-electron chi connectivity index (χ2n) is 7.95. The number of methoxy groups -OCH3 is 2. The molecule has 2 fully saturated rings. The Labute approximate surface area is 174 Å². The Kier molecular flexibility index (Phi) is 6.92. The third kappa shape index (κ3) is 4.05. The van der Waals surface area contributed by atoms with Crippen molar-refractivity contribution in [2.45, 2.75) is 37.8 Å². The predicted octanol–water partition coefficient (Wildman–Crippen LogP) is 2.48. The van der Waals surface area contributed by atoms with Gasteiger partial charge in [-0.1, -0.05) is 6.07 Å². The fourth-order valence-electron chi connectivity index (χ4n) is 5.17. The number of rotatable bonds is 5. The minimum atomic E-state index is -3.27. The van der Waals surface area contributed by atoms with Gasteiger partial charge in [0.1, 0.15) is 5.75 Å². The highest BCUT2D eigenvalue weighted by atomic mass is 35.5. The molecule has 3 heterocycles. The van der Waals surface area contributed by atoms with Gasteiger partial charge in [-0.25, -0.2) is 8.42 Å². The van der Waals surface area contributed by atoms with E-state index in [-0.39, 0.29) is 30.8 Å². The van der Waals surface area contributed by atoms with Crippen LogP contribution < -0.4 is 4.74 Å². The van der Waals surface area contributed by atoms with E-state index in [9.17, 15) is 8.42 Å². The minimum absolute atomic E-state index is 0. The molecule has 28 heavy (non-hydrogen) atoms. The second kappa shape index (κ2) is 8.88. The number of hydrogen-bond donors (Lipinski definition) is 0. The van der Waals surface area contributed by atoms with Gasteiger partial charge in [0, 0.05) is 38.8 Å². The van der Waals surface area contributed by atoms with E-state index in [1.165, 1.54) is 11.1 Å². The molecule has 0 bridgehead atoms. The first-order valence-corrected chi connectivity index (χ1v) is 11.5. The predicted molar refractivity (Wildman–Crippen MR) is 112 cm³/mol. The van der Waals surface area contributed by atoms with E-state index in [4.69, 9.17) is 9.47 Å². The van der Waals surface area contributed by atoms with E-state index in [0.29, 0.717) is 18.5 Å². The maximum Gasteiger partial charge on any atom is 0.216 e. The molecule has 3 aliphatic rings. The Morgan fingerprint density at radius 2 is 2.04 bits per heavy atom. The molecule has 0 spiro atoms. The Morgan fingerprint density at radius 3 is 2.79 bits per heavy atom. The standard InChI is InChI=1S/C20H30N2O4S.ClH/c1-25-10-11-27(23,24)22-8-3-4-16-14-21-9-7-15-12-17(26-2)5-6-18(15)20(21)13-19(16)22;/h5-6,12,16,19-20H,3-4,7-11,13-14H2,1-2H3;1H/t16-,19+,20+;/m1./s1. The van der Waals surface area contributed by atoms with Crippen molar-refractivity contribution in [3.63, 3.8) is 0 Å². The molecule has 0 radical (unpaired) electrons. The van der Waals surface area contributed by atoms with Crippen LogP contribution >= 0.6 is 12.4 Å². The van der Waals surface area contributed by atoms with Crippen molar-refractivity contribution in [3.8, 4) is 5.75 Å². The molecule has 1 aromatic rings. The molecule has 6 nitrogen and oxygen atoms in total. The van der Waals surface area contributed by atoms with Gasteiger partial charge in [-0.3, -0.25) is 4.90 Å². The summed E-state index contributed by atoms with van der Waals surface area (Å²) in [5, 5.41) is 0. The summed E-state index contributed by atoms with van der Waals surface area (Å²) in [6.45, 7) is 2.95. The van der Waals surface area contributed by atoms with Crippen molar-refractivity contribution < 1.29 is 17.9 Å². The molecule has 0 aliphatic carbocycles. The molecule has 3 atom stereocenters. The Hall–Kier alpha value is -0.860. The molecule has 0 N–H and O–H groups in total. The highest BCUT2D eigenvalue weighted by molar-refractivity contribution is 7.89. The summed E-state index contributed by atoms with van der Waals surface area (Å²) < 4.78 is 38.0. The molecule has 0 amide bonds. The first-order valence-electron chi connectivity index (χ1n) is 9.93. The van der Waals surface area contributed by atoms with Crippen LogP contribution in [0, 0.1) is 5.92 Å². The quantitative estimate of drug-likeness (QED) is 0.718. The molecule has 158 valence electrons. The fourth-order valence-corrected chi connectivity index (χ4v) is 6.86. The van der Waals surface area contributed by atoms with E-state index < -0.39 is 10.0 Å². The van der Waals surface area contributed by atoms with Crippen LogP contribution in [-0.2, 0) is 21.2 Å². The zero-order chi connectivity index (χ0) is 19.0. The lowest BCUT2D eigenvalue weighted by atomic mass is 9.77. The van der Waals surface area contributed by atoms with Gasteiger partial charge >= 0.3 is 0 Å². The average molecular weight is 431 g/mol. The highest BCUT2D eigenvalue weighted by Crippen LogP contribution is 2.44. The van der Waals surface area contributed by atoms with Crippen molar-refractivity contribution in [2.24, 2.45) is 5.92 Å². The van der Waals surface area contributed by atoms with Crippen molar-refractivity contribution >= 4 is 22.4 Å². The summed E-state index contributed by atoms with van der Waals surface area (Å²) in [6.07, 6.45) is 4.01. The minimum Gasteiger partial charge on any atom is -0.497 e. The molecule has 2 saturated heterocycles. The van der Waals surface area contributed by atoms with E-state index in [0.717, 1.165) is 44.5 Å². The number of benzene rings is 1. The number of ether oxygens (including phenoxy) is 2. The average Bonchev–Trinajstić information content (AvgIpc) is 2.69. The van der Waals surface area contributed by atoms with Gasteiger partial charge < -0.3 is 9.47 Å².